The predicted octanol–water partition coefficient (Wildman–Crippen LogP) is 3.22. The molecule has 3 aliphatic rings. The van der Waals surface area contributed by atoms with Gasteiger partial charge < -0.3 is 31.7 Å². The van der Waals surface area contributed by atoms with E-state index in [9.17, 15) is 9.59 Å². The van der Waals surface area contributed by atoms with Crippen LogP contribution in [0.4, 0.5) is 4.39 Å². The van der Waals surface area contributed by atoms with E-state index in [1.54, 1.807) is 12.2 Å². The minimum absolute atomic E-state index is 0.0108. The highest BCUT2D eigenvalue weighted by Gasteiger charge is 2.35. The standard InChI is InChI=1S/C36H58FN7O3/c1-5-8-10-24(4)33(29(37)7-3)41-30(9-6-2)32(34(38)39)35(45)42-31-21-40-16-15-28(31)25-11-13-26(14-12-25)36(46)44-19-17-43(18-20-44)27-22-47-23-27/h6,9,11-14,24,27-29,31-34,40H,5,7-8,10,15-23,38-39H2,1-4H3,(H,42,45)/b9-6+,41-30+. The van der Waals surface area contributed by atoms with Crippen molar-refractivity contribution in [3.8, 4) is 0 Å². The van der Waals surface area contributed by atoms with Gasteiger partial charge in [0, 0.05) is 50.2 Å². The predicted molar refractivity (Wildman–Crippen MR) is 186 cm³/mol. The van der Waals surface area contributed by atoms with E-state index in [0.29, 0.717) is 43.4 Å². The van der Waals surface area contributed by atoms with E-state index < -0.39 is 24.3 Å². The number of allylic oxidation sites excluding steroid dienone is 2. The lowest BCUT2D eigenvalue weighted by Crippen LogP contribution is -2.57. The number of nitrogens with one attached hydrogen (secondary N) is 2. The molecule has 0 aliphatic carbocycles. The van der Waals surface area contributed by atoms with Gasteiger partial charge in [-0.2, -0.15) is 0 Å². The van der Waals surface area contributed by atoms with E-state index in [1.165, 1.54) is 0 Å². The van der Waals surface area contributed by atoms with E-state index in [-0.39, 0.29) is 29.7 Å². The third kappa shape index (κ3) is 9.69. The highest BCUT2D eigenvalue weighted by atomic mass is 19.1. The molecule has 6 unspecified atom stereocenters. The molecule has 0 spiro atoms. The van der Waals surface area contributed by atoms with Crippen LogP contribution in [0.5, 0.6) is 0 Å². The summed E-state index contributed by atoms with van der Waals surface area (Å²) < 4.78 is 20.6. The van der Waals surface area contributed by atoms with Crippen LogP contribution in [0.1, 0.15) is 81.6 Å². The maximum absolute atomic E-state index is 15.3. The average Bonchev–Trinajstić information content (AvgIpc) is 3.05. The number of piperidine rings is 1. The molecule has 3 aliphatic heterocycles. The maximum atomic E-state index is 15.3. The normalized spacial score (nSPS) is 24.2. The second-order valence-electron chi connectivity index (χ2n) is 13.5. The highest BCUT2D eigenvalue weighted by Crippen LogP contribution is 2.28. The van der Waals surface area contributed by atoms with Crippen LogP contribution >= 0.6 is 0 Å². The lowest BCUT2D eigenvalue weighted by atomic mass is 9.85. The van der Waals surface area contributed by atoms with E-state index >= 15 is 4.39 Å². The van der Waals surface area contributed by atoms with Crippen LogP contribution in [0, 0.1) is 11.8 Å². The van der Waals surface area contributed by atoms with Gasteiger partial charge in [0.1, 0.15) is 12.1 Å². The van der Waals surface area contributed by atoms with E-state index in [2.05, 4.69) is 22.5 Å². The molecule has 4 rings (SSSR count). The van der Waals surface area contributed by atoms with Gasteiger partial charge in [-0.15, -0.1) is 0 Å². The maximum Gasteiger partial charge on any atom is 0.253 e. The number of nitrogens with zero attached hydrogens (tertiary/aromatic N) is 3. The second-order valence-corrected chi connectivity index (χ2v) is 13.5. The molecule has 0 radical (unpaired) electrons. The van der Waals surface area contributed by atoms with Gasteiger partial charge in [-0.3, -0.25) is 19.5 Å². The molecular weight excluding hydrogens is 597 g/mol. The third-order valence-corrected chi connectivity index (χ3v) is 10.1. The molecule has 0 saturated carbocycles. The van der Waals surface area contributed by atoms with Crippen LogP contribution in [0.25, 0.3) is 0 Å². The Bertz CT molecular complexity index is 1200. The Balaban J connectivity index is 1.46. The zero-order valence-electron chi connectivity index (χ0n) is 28.9. The minimum Gasteiger partial charge on any atom is -0.378 e. The van der Waals surface area contributed by atoms with Gasteiger partial charge in [-0.25, -0.2) is 4.39 Å². The lowest BCUT2D eigenvalue weighted by Gasteiger charge is -2.42. The summed E-state index contributed by atoms with van der Waals surface area (Å²) in [4.78, 5) is 36.4. The molecule has 11 heteroatoms. The molecule has 0 aromatic heterocycles. The van der Waals surface area contributed by atoms with Crippen LogP contribution in [-0.2, 0) is 9.53 Å². The number of carbonyl (C=O) groups is 2. The van der Waals surface area contributed by atoms with Gasteiger partial charge in [0.05, 0.1) is 37.2 Å². The first-order valence-corrected chi connectivity index (χ1v) is 17.8. The number of amides is 2. The van der Waals surface area contributed by atoms with Gasteiger partial charge in [0.25, 0.3) is 5.91 Å². The number of rotatable bonds is 15. The summed E-state index contributed by atoms with van der Waals surface area (Å²) in [5.74, 6) is -1.16. The molecular formula is C36H58FN7O3. The van der Waals surface area contributed by atoms with Gasteiger partial charge in [0.15, 0.2) is 0 Å². The van der Waals surface area contributed by atoms with Crippen molar-refractivity contribution in [2.45, 2.75) is 96.2 Å². The van der Waals surface area contributed by atoms with Crippen LogP contribution < -0.4 is 22.1 Å². The van der Waals surface area contributed by atoms with Gasteiger partial charge >= 0.3 is 0 Å². The molecule has 0 bridgehead atoms. The number of benzene rings is 1. The van der Waals surface area contributed by atoms with Crippen molar-refractivity contribution >= 4 is 17.5 Å². The molecule has 262 valence electrons. The molecule has 1 aromatic carbocycles. The summed E-state index contributed by atoms with van der Waals surface area (Å²) in [5, 5.41) is 6.62. The zero-order valence-corrected chi connectivity index (χ0v) is 28.9. The molecule has 3 heterocycles. The van der Waals surface area contributed by atoms with Crippen molar-refractivity contribution in [2.24, 2.45) is 28.3 Å². The number of alkyl halides is 1. The number of aliphatic imine (C=N–C) groups is 1. The topological polar surface area (TPSA) is 138 Å². The van der Waals surface area contributed by atoms with Crippen molar-refractivity contribution < 1.29 is 18.7 Å². The first-order valence-electron chi connectivity index (χ1n) is 17.8. The van der Waals surface area contributed by atoms with Gasteiger partial charge in [-0.1, -0.05) is 51.8 Å². The second kappa shape index (κ2) is 18.2. The number of hydrogen-bond donors (Lipinski definition) is 4. The Morgan fingerprint density at radius 2 is 1.85 bits per heavy atom. The van der Waals surface area contributed by atoms with Crippen molar-refractivity contribution in [3.63, 3.8) is 0 Å². The molecule has 10 nitrogen and oxygen atoms in total. The molecule has 6 N–H and O–H groups in total. The van der Waals surface area contributed by atoms with Crippen LogP contribution in [0.15, 0.2) is 41.4 Å². The SMILES string of the molecule is C/C=C/C(=N\C(C(C)CCCC)C(F)CC)C(C(=O)NC1CNCCC1c1ccc(C(=O)N2CCN(C3COC3)CC2)cc1)C(N)N. The lowest BCUT2D eigenvalue weighted by molar-refractivity contribution is -0.124. The van der Waals surface area contributed by atoms with Crippen molar-refractivity contribution in [1.29, 1.82) is 0 Å². The zero-order chi connectivity index (χ0) is 33.9. The van der Waals surface area contributed by atoms with Crippen LogP contribution in [-0.4, -0.2) is 110 Å². The fourth-order valence-corrected chi connectivity index (χ4v) is 7.04. The Labute approximate surface area is 280 Å². The average molecular weight is 656 g/mol. The summed E-state index contributed by atoms with van der Waals surface area (Å²) >= 11 is 0. The summed E-state index contributed by atoms with van der Waals surface area (Å²) in [6, 6.07) is 7.51. The van der Waals surface area contributed by atoms with Crippen molar-refractivity contribution in [3.05, 3.63) is 47.5 Å². The monoisotopic (exact) mass is 655 g/mol. The first-order chi connectivity index (χ1) is 22.7. The summed E-state index contributed by atoms with van der Waals surface area (Å²) in [6.07, 6.45) is 5.41. The quantitative estimate of drug-likeness (QED) is 0.168. The number of ether oxygens (including phenoxy) is 1. The van der Waals surface area contributed by atoms with Crippen LogP contribution in [0.3, 0.4) is 0 Å². The molecule has 3 fully saturated rings. The van der Waals surface area contributed by atoms with E-state index in [1.807, 2.05) is 49.9 Å². The largest absolute Gasteiger partial charge is 0.378 e. The first kappa shape index (κ1) is 37.1. The fraction of sp³-hybridized carbons (Fsp3) is 0.694. The number of piperazine rings is 1. The fourth-order valence-electron chi connectivity index (χ4n) is 7.04. The van der Waals surface area contributed by atoms with Crippen LogP contribution in [0.2, 0.25) is 0 Å². The summed E-state index contributed by atoms with van der Waals surface area (Å²) in [6.45, 7) is 13.9. The minimum atomic E-state index is -1.13. The summed E-state index contributed by atoms with van der Waals surface area (Å²) in [7, 11) is 0. The number of nitrogens with two attached hydrogens (primary N) is 2. The molecule has 47 heavy (non-hydrogen) atoms. The Morgan fingerprint density at radius 3 is 2.43 bits per heavy atom. The smallest absolute Gasteiger partial charge is 0.253 e. The number of halogens is 1. The molecule has 1 aromatic rings. The highest BCUT2D eigenvalue weighted by molar-refractivity contribution is 6.10. The Morgan fingerprint density at radius 1 is 1.15 bits per heavy atom. The number of hydrogen-bond acceptors (Lipinski definition) is 8. The number of unbranched alkanes of at least 4 members (excludes halogenated alkanes) is 1. The Hall–Kier alpha value is -2.70. The van der Waals surface area contributed by atoms with Gasteiger partial charge in [-0.05, 0) is 62.4 Å². The van der Waals surface area contributed by atoms with Crippen molar-refractivity contribution in [2.75, 3.05) is 52.5 Å². The van der Waals surface area contributed by atoms with E-state index in [4.69, 9.17) is 21.2 Å². The molecule has 3 saturated heterocycles. The number of carbonyl (C=O) groups excluding carboxylic acids is 2. The Kier molecular flexibility index (Phi) is 14.4. The van der Waals surface area contributed by atoms with E-state index in [0.717, 1.165) is 64.1 Å². The third-order valence-electron chi connectivity index (χ3n) is 10.1. The molecule has 2 amide bonds. The molecule has 6 atom stereocenters. The van der Waals surface area contributed by atoms with Crippen molar-refractivity contribution in [1.82, 2.24) is 20.4 Å². The van der Waals surface area contributed by atoms with Gasteiger partial charge in [0.2, 0.25) is 5.91 Å². The summed E-state index contributed by atoms with van der Waals surface area (Å²) in [5.41, 5.74) is 14.6.